The number of aromatic nitrogens is 1. The summed E-state index contributed by atoms with van der Waals surface area (Å²) in [5, 5.41) is 12.2. The van der Waals surface area contributed by atoms with Gasteiger partial charge in [0.25, 0.3) is 0 Å². The first-order valence-corrected chi connectivity index (χ1v) is 4.35. The summed E-state index contributed by atoms with van der Waals surface area (Å²) in [5.74, 6) is 0. The Morgan fingerprint density at radius 3 is 2.75 bits per heavy atom. The second kappa shape index (κ2) is 2.75. The predicted octanol–water partition coefficient (Wildman–Crippen LogP) is 2.24. The van der Waals surface area contributed by atoms with Crippen LogP contribution in [0.15, 0.2) is 41.0 Å². The van der Waals surface area contributed by atoms with Crippen LogP contribution in [0.1, 0.15) is 0 Å². The molecular formula is C9H6BrNO. The van der Waals surface area contributed by atoms with Crippen molar-refractivity contribution in [1.82, 2.24) is 0 Å². The van der Waals surface area contributed by atoms with Crippen molar-refractivity contribution < 1.29 is 4.73 Å². The van der Waals surface area contributed by atoms with Crippen molar-refractivity contribution in [2.75, 3.05) is 0 Å². The van der Waals surface area contributed by atoms with Crippen molar-refractivity contribution in [2.45, 2.75) is 0 Å². The molecule has 2 aromatic rings. The molecular weight excluding hydrogens is 218 g/mol. The van der Waals surface area contributed by atoms with Crippen LogP contribution in [0.5, 0.6) is 0 Å². The van der Waals surface area contributed by atoms with Gasteiger partial charge in [-0.3, -0.25) is 0 Å². The van der Waals surface area contributed by atoms with Crippen molar-refractivity contribution in [3.63, 3.8) is 0 Å². The zero-order valence-electron chi connectivity index (χ0n) is 6.20. The molecule has 0 amide bonds. The molecule has 0 bridgehead atoms. The van der Waals surface area contributed by atoms with Crippen molar-refractivity contribution in [3.8, 4) is 0 Å². The van der Waals surface area contributed by atoms with Crippen LogP contribution in [-0.4, -0.2) is 0 Å². The minimum Gasteiger partial charge on any atom is -0.618 e. The lowest BCUT2D eigenvalue weighted by molar-refractivity contribution is -0.577. The SMILES string of the molecule is [O-][n+]1cccc2c(Br)cccc21. The first-order valence-electron chi connectivity index (χ1n) is 3.55. The van der Waals surface area contributed by atoms with Crippen LogP contribution < -0.4 is 4.73 Å². The van der Waals surface area contributed by atoms with Crippen LogP contribution >= 0.6 is 15.9 Å². The second-order valence-electron chi connectivity index (χ2n) is 2.51. The van der Waals surface area contributed by atoms with E-state index in [2.05, 4.69) is 15.9 Å². The van der Waals surface area contributed by atoms with Gasteiger partial charge in [0, 0.05) is 16.6 Å². The summed E-state index contributed by atoms with van der Waals surface area (Å²) in [4.78, 5) is 0. The minimum atomic E-state index is 0.687. The Hall–Kier alpha value is -1.09. The maximum absolute atomic E-state index is 11.2. The molecule has 0 saturated carbocycles. The largest absolute Gasteiger partial charge is 0.618 e. The van der Waals surface area contributed by atoms with Crippen molar-refractivity contribution >= 4 is 26.8 Å². The topological polar surface area (TPSA) is 26.9 Å². The molecule has 0 aliphatic carbocycles. The standard InChI is InChI=1S/C9H6BrNO/c10-8-4-1-5-9-7(8)3-2-6-11(9)12/h1-6H. The molecule has 0 radical (unpaired) electrons. The first kappa shape index (κ1) is 7.55. The molecule has 0 saturated heterocycles. The van der Waals surface area contributed by atoms with E-state index in [9.17, 15) is 5.21 Å². The van der Waals surface area contributed by atoms with Gasteiger partial charge in [-0.05, 0) is 28.1 Å². The Morgan fingerprint density at radius 1 is 1.17 bits per heavy atom. The van der Waals surface area contributed by atoms with E-state index in [4.69, 9.17) is 0 Å². The van der Waals surface area contributed by atoms with Crippen LogP contribution in [0.4, 0.5) is 0 Å². The summed E-state index contributed by atoms with van der Waals surface area (Å²) in [6.07, 6.45) is 1.49. The maximum Gasteiger partial charge on any atom is 0.224 e. The fraction of sp³-hybridized carbons (Fsp3) is 0. The molecule has 0 N–H and O–H groups in total. The number of hydrogen-bond acceptors (Lipinski definition) is 1. The maximum atomic E-state index is 11.2. The molecule has 0 unspecified atom stereocenters. The quantitative estimate of drug-likeness (QED) is 0.498. The highest BCUT2D eigenvalue weighted by Gasteiger charge is 2.03. The Labute approximate surface area is 78.2 Å². The highest BCUT2D eigenvalue weighted by atomic mass is 79.9. The van der Waals surface area contributed by atoms with E-state index >= 15 is 0 Å². The summed E-state index contributed by atoms with van der Waals surface area (Å²) in [5.41, 5.74) is 0.687. The second-order valence-corrected chi connectivity index (χ2v) is 3.36. The number of benzene rings is 1. The van der Waals surface area contributed by atoms with E-state index in [1.54, 1.807) is 12.1 Å². The molecule has 0 atom stereocenters. The Morgan fingerprint density at radius 2 is 2.00 bits per heavy atom. The molecule has 0 fully saturated rings. The summed E-state index contributed by atoms with van der Waals surface area (Å²) < 4.78 is 1.81. The molecule has 2 nitrogen and oxygen atoms in total. The number of halogens is 1. The zero-order valence-corrected chi connectivity index (χ0v) is 7.78. The van der Waals surface area contributed by atoms with E-state index < -0.39 is 0 Å². The third kappa shape index (κ3) is 1.06. The summed E-state index contributed by atoms with van der Waals surface area (Å²) in [6, 6.07) is 9.21. The van der Waals surface area contributed by atoms with Gasteiger partial charge in [0.15, 0.2) is 6.20 Å². The van der Waals surface area contributed by atoms with Crippen molar-refractivity contribution in [2.24, 2.45) is 0 Å². The van der Waals surface area contributed by atoms with Gasteiger partial charge in [-0.25, -0.2) is 0 Å². The highest BCUT2D eigenvalue weighted by Crippen LogP contribution is 2.20. The lowest BCUT2D eigenvalue weighted by atomic mass is 10.2. The number of fused-ring (bicyclic) bond motifs is 1. The Kier molecular flexibility index (Phi) is 1.73. The third-order valence-corrected chi connectivity index (χ3v) is 2.44. The predicted molar refractivity (Wildman–Crippen MR) is 50.6 cm³/mol. The summed E-state index contributed by atoms with van der Waals surface area (Å²) in [6.45, 7) is 0. The third-order valence-electron chi connectivity index (χ3n) is 1.75. The molecule has 1 aromatic carbocycles. The molecule has 1 heterocycles. The van der Waals surface area contributed by atoms with Gasteiger partial charge in [0.2, 0.25) is 5.52 Å². The van der Waals surface area contributed by atoms with E-state index in [0.717, 1.165) is 14.6 Å². The fourth-order valence-corrected chi connectivity index (χ4v) is 1.67. The fourth-order valence-electron chi connectivity index (χ4n) is 1.18. The normalized spacial score (nSPS) is 10.4. The molecule has 60 valence electrons. The smallest absolute Gasteiger partial charge is 0.224 e. The van der Waals surface area contributed by atoms with Gasteiger partial charge in [-0.15, -0.1) is 0 Å². The number of pyridine rings is 1. The average molecular weight is 224 g/mol. The van der Waals surface area contributed by atoms with Gasteiger partial charge in [0.1, 0.15) is 0 Å². The number of rotatable bonds is 0. The Balaban J connectivity index is 2.94. The Bertz CT molecular complexity index is 387. The van der Waals surface area contributed by atoms with Gasteiger partial charge in [0.05, 0.1) is 5.39 Å². The van der Waals surface area contributed by atoms with Gasteiger partial charge in [-0.2, -0.15) is 4.73 Å². The van der Waals surface area contributed by atoms with Gasteiger partial charge in [-0.1, -0.05) is 6.07 Å². The van der Waals surface area contributed by atoms with Crippen LogP contribution in [0, 0.1) is 5.21 Å². The van der Waals surface area contributed by atoms with Crippen molar-refractivity contribution in [3.05, 3.63) is 46.2 Å². The summed E-state index contributed by atoms with van der Waals surface area (Å²) >= 11 is 3.38. The first-order chi connectivity index (χ1) is 5.79. The van der Waals surface area contributed by atoms with Crippen LogP contribution in [0.3, 0.4) is 0 Å². The van der Waals surface area contributed by atoms with Crippen LogP contribution in [0.25, 0.3) is 10.9 Å². The number of hydrogen-bond donors (Lipinski definition) is 0. The lowest BCUT2D eigenvalue weighted by Gasteiger charge is -2.00. The van der Waals surface area contributed by atoms with E-state index in [0.29, 0.717) is 5.52 Å². The van der Waals surface area contributed by atoms with E-state index in [-0.39, 0.29) is 0 Å². The molecule has 0 aliphatic heterocycles. The lowest BCUT2D eigenvalue weighted by Crippen LogP contribution is -2.25. The summed E-state index contributed by atoms with van der Waals surface area (Å²) in [7, 11) is 0. The van der Waals surface area contributed by atoms with E-state index in [1.165, 1.54) is 6.20 Å². The molecule has 12 heavy (non-hydrogen) atoms. The number of nitrogens with zero attached hydrogens (tertiary/aromatic N) is 1. The molecule has 0 spiro atoms. The van der Waals surface area contributed by atoms with Gasteiger partial charge >= 0.3 is 0 Å². The molecule has 3 heteroatoms. The van der Waals surface area contributed by atoms with Crippen molar-refractivity contribution in [1.29, 1.82) is 0 Å². The monoisotopic (exact) mass is 223 g/mol. The molecule has 1 aromatic heterocycles. The molecule has 0 aliphatic rings. The molecule has 2 rings (SSSR count). The zero-order chi connectivity index (χ0) is 8.55. The highest BCUT2D eigenvalue weighted by molar-refractivity contribution is 9.10. The van der Waals surface area contributed by atoms with Gasteiger partial charge < -0.3 is 5.21 Å². The van der Waals surface area contributed by atoms with E-state index in [1.807, 2.05) is 18.2 Å². The van der Waals surface area contributed by atoms with Crippen LogP contribution in [0.2, 0.25) is 0 Å². The van der Waals surface area contributed by atoms with Crippen LogP contribution in [-0.2, 0) is 0 Å². The minimum absolute atomic E-state index is 0.687. The average Bonchev–Trinajstić information content (AvgIpc) is 2.07.